The monoisotopic (exact) mass is 439 g/mol. The summed E-state index contributed by atoms with van der Waals surface area (Å²) in [6, 6.07) is 7.65. The summed E-state index contributed by atoms with van der Waals surface area (Å²) < 4.78 is 4.87. The molecule has 0 saturated carbocycles. The van der Waals surface area contributed by atoms with Gasteiger partial charge in [0.05, 0.1) is 6.61 Å². The normalized spacial score (nSPS) is 10.6. The zero-order chi connectivity index (χ0) is 15.5. The summed E-state index contributed by atoms with van der Waals surface area (Å²) in [6.07, 6.45) is 1.11. The molecule has 0 aromatic heterocycles. The first-order chi connectivity index (χ1) is 10.2. The summed E-state index contributed by atoms with van der Waals surface area (Å²) in [5.74, 6) is 0.528. The molecule has 0 atom stereocenters. The molecule has 1 aromatic rings. The fraction of sp³-hybridized carbons (Fsp3) is 0.467. The molecule has 5 nitrogen and oxygen atoms in total. The van der Waals surface area contributed by atoms with Crippen LogP contribution in [0.15, 0.2) is 29.3 Å². The largest absolute Gasteiger partial charge is 0.466 e. The molecule has 0 aliphatic rings. The van der Waals surface area contributed by atoms with E-state index in [9.17, 15) is 4.79 Å². The van der Waals surface area contributed by atoms with E-state index >= 15 is 0 Å². The van der Waals surface area contributed by atoms with Crippen molar-refractivity contribution in [2.45, 2.75) is 26.3 Å². The molecule has 0 spiro atoms. The molecule has 0 saturated heterocycles. The number of ether oxygens (including phenoxy) is 1. The number of halogens is 2. The molecule has 1 aromatic carbocycles. The Balaban J connectivity index is 0.00000441. The molecule has 0 unspecified atom stereocenters. The van der Waals surface area contributed by atoms with Crippen LogP contribution < -0.4 is 10.6 Å². The number of nitrogens with zero attached hydrogens (tertiary/aromatic N) is 1. The molecule has 1 rings (SSSR count). The van der Waals surface area contributed by atoms with Crippen molar-refractivity contribution in [3.63, 3.8) is 0 Å². The van der Waals surface area contributed by atoms with E-state index in [2.05, 4.69) is 15.6 Å². The van der Waals surface area contributed by atoms with Crippen molar-refractivity contribution in [1.82, 2.24) is 10.6 Å². The van der Waals surface area contributed by atoms with Crippen LogP contribution in [0, 0.1) is 0 Å². The minimum Gasteiger partial charge on any atom is -0.466 e. The lowest BCUT2D eigenvalue weighted by molar-refractivity contribution is -0.143. The van der Waals surface area contributed by atoms with Gasteiger partial charge in [0.2, 0.25) is 0 Å². The standard InChI is InChI=1S/C15H22ClN3O2.HI/c1-3-21-14(20)8-5-9-18-15(17-2)19-11-12-6-4-7-13(16)10-12;/h4,6-7,10H,3,5,8-9,11H2,1-2H3,(H2,17,18,19);1H. The summed E-state index contributed by atoms with van der Waals surface area (Å²) in [5, 5.41) is 7.05. The number of benzene rings is 1. The van der Waals surface area contributed by atoms with Gasteiger partial charge in [0.25, 0.3) is 0 Å². The third-order valence-corrected chi connectivity index (χ3v) is 2.96. The predicted octanol–water partition coefficient (Wildman–Crippen LogP) is 2.97. The van der Waals surface area contributed by atoms with Gasteiger partial charge in [-0.3, -0.25) is 9.79 Å². The van der Waals surface area contributed by atoms with Gasteiger partial charge in [-0.05, 0) is 31.0 Å². The number of esters is 1. The van der Waals surface area contributed by atoms with Crippen molar-refractivity contribution in [3.05, 3.63) is 34.9 Å². The van der Waals surface area contributed by atoms with Crippen LogP contribution in [0.2, 0.25) is 5.02 Å². The average Bonchev–Trinajstić information content (AvgIpc) is 2.47. The number of guanidine groups is 1. The Morgan fingerprint density at radius 2 is 2.14 bits per heavy atom. The van der Waals surface area contributed by atoms with E-state index in [4.69, 9.17) is 16.3 Å². The van der Waals surface area contributed by atoms with Crippen LogP contribution >= 0.6 is 35.6 Å². The van der Waals surface area contributed by atoms with Gasteiger partial charge in [-0.15, -0.1) is 24.0 Å². The second kappa shape index (κ2) is 12.5. The summed E-state index contributed by atoms with van der Waals surface area (Å²) >= 11 is 5.93. The topological polar surface area (TPSA) is 62.7 Å². The van der Waals surface area contributed by atoms with E-state index in [1.807, 2.05) is 24.3 Å². The van der Waals surface area contributed by atoms with Gasteiger partial charge in [0, 0.05) is 31.6 Å². The number of nitrogens with one attached hydrogen (secondary N) is 2. The number of carbonyl (C=O) groups is 1. The highest BCUT2D eigenvalue weighted by atomic mass is 127. The number of aliphatic imine (C=N–C) groups is 1. The first-order valence-corrected chi connectivity index (χ1v) is 7.38. The number of carbonyl (C=O) groups excluding carboxylic acids is 1. The van der Waals surface area contributed by atoms with Crippen molar-refractivity contribution in [2.24, 2.45) is 4.99 Å². The fourth-order valence-corrected chi connectivity index (χ4v) is 1.94. The third kappa shape index (κ3) is 9.09. The summed E-state index contributed by atoms with van der Waals surface area (Å²) in [6.45, 7) is 3.53. The quantitative estimate of drug-likeness (QED) is 0.225. The molecule has 0 aliphatic carbocycles. The molecule has 2 N–H and O–H groups in total. The molecular weight excluding hydrogens is 417 g/mol. The fourth-order valence-electron chi connectivity index (χ4n) is 1.73. The van der Waals surface area contributed by atoms with E-state index in [0.717, 1.165) is 5.56 Å². The molecule has 0 aliphatic heterocycles. The third-order valence-electron chi connectivity index (χ3n) is 2.73. The zero-order valence-electron chi connectivity index (χ0n) is 12.9. The van der Waals surface area contributed by atoms with Crippen molar-refractivity contribution in [1.29, 1.82) is 0 Å². The second-order valence-electron chi connectivity index (χ2n) is 4.39. The van der Waals surface area contributed by atoms with Gasteiger partial charge < -0.3 is 15.4 Å². The Bertz CT molecular complexity index is 484. The van der Waals surface area contributed by atoms with Gasteiger partial charge in [0.15, 0.2) is 5.96 Å². The SMILES string of the molecule is CCOC(=O)CCCNC(=NC)NCc1cccc(Cl)c1.I. The smallest absolute Gasteiger partial charge is 0.305 e. The maximum absolute atomic E-state index is 11.2. The molecular formula is C15H23ClIN3O2. The van der Waals surface area contributed by atoms with Crippen LogP contribution in [-0.2, 0) is 16.1 Å². The lowest BCUT2D eigenvalue weighted by atomic mass is 10.2. The Morgan fingerprint density at radius 1 is 1.36 bits per heavy atom. The van der Waals surface area contributed by atoms with Gasteiger partial charge in [-0.1, -0.05) is 23.7 Å². The minimum atomic E-state index is -0.166. The molecule has 0 amide bonds. The van der Waals surface area contributed by atoms with Crippen LogP contribution in [0.25, 0.3) is 0 Å². The molecule has 0 heterocycles. The van der Waals surface area contributed by atoms with Crippen LogP contribution in [0.3, 0.4) is 0 Å². The number of hydrogen-bond donors (Lipinski definition) is 2. The van der Waals surface area contributed by atoms with Gasteiger partial charge in [-0.25, -0.2) is 0 Å². The zero-order valence-corrected chi connectivity index (χ0v) is 16.0. The molecule has 7 heteroatoms. The van der Waals surface area contributed by atoms with Crippen molar-refractivity contribution < 1.29 is 9.53 Å². The highest BCUT2D eigenvalue weighted by Crippen LogP contribution is 2.10. The van der Waals surface area contributed by atoms with Crippen molar-refractivity contribution in [3.8, 4) is 0 Å². The van der Waals surface area contributed by atoms with E-state index in [0.29, 0.717) is 43.5 Å². The lowest BCUT2D eigenvalue weighted by Gasteiger charge is -2.12. The van der Waals surface area contributed by atoms with Gasteiger partial charge in [-0.2, -0.15) is 0 Å². The van der Waals surface area contributed by atoms with Gasteiger partial charge >= 0.3 is 5.97 Å². The highest BCUT2D eigenvalue weighted by Gasteiger charge is 2.02. The average molecular weight is 440 g/mol. The Kier molecular flexibility index (Phi) is 11.9. The Morgan fingerprint density at radius 3 is 2.77 bits per heavy atom. The summed E-state index contributed by atoms with van der Waals surface area (Å²) in [4.78, 5) is 15.3. The molecule has 22 heavy (non-hydrogen) atoms. The maximum Gasteiger partial charge on any atom is 0.305 e. The van der Waals surface area contributed by atoms with Crippen LogP contribution in [-0.4, -0.2) is 32.1 Å². The van der Waals surface area contributed by atoms with Crippen LogP contribution in [0.1, 0.15) is 25.3 Å². The lowest BCUT2D eigenvalue weighted by Crippen LogP contribution is -2.37. The first kappa shape index (κ1) is 21.0. The van der Waals surface area contributed by atoms with E-state index in [1.54, 1.807) is 14.0 Å². The van der Waals surface area contributed by atoms with Crippen LogP contribution in [0.4, 0.5) is 0 Å². The maximum atomic E-state index is 11.2. The number of hydrogen-bond acceptors (Lipinski definition) is 3. The Hall–Kier alpha value is -1.02. The van der Waals surface area contributed by atoms with E-state index < -0.39 is 0 Å². The van der Waals surface area contributed by atoms with Crippen molar-refractivity contribution in [2.75, 3.05) is 20.2 Å². The number of rotatable bonds is 7. The second-order valence-corrected chi connectivity index (χ2v) is 4.83. The van der Waals surface area contributed by atoms with Crippen molar-refractivity contribution >= 4 is 47.5 Å². The van der Waals surface area contributed by atoms with Crippen LogP contribution in [0.5, 0.6) is 0 Å². The molecule has 0 bridgehead atoms. The molecule has 0 radical (unpaired) electrons. The van der Waals surface area contributed by atoms with Gasteiger partial charge in [0.1, 0.15) is 0 Å². The predicted molar refractivity (Wildman–Crippen MR) is 101 cm³/mol. The minimum absolute atomic E-state index is 0. The Labute approximate surface area is 153 Å². The summed E-state index contributed by atoms with van der Waals surface area (Å²) in [7, 11) is 1.71. The molecule has 124 valence electrons. The first-order valence-electron chi connectivity index (χ1n) is 7.00. The molecule has 0 fully saturated rings. The van der Waals surface area contributed by atoms with E-state index in [-0.39, 0.29) is 29.9 Å². The summed E-state index contributed by atoms with van der Waals surface area (Å²) in [5.41, 5.74) is 1.08. The highest BCUT2D eigenvalue weighted by molar-refractivity contribution is 14.0. The van der Waals surface area contributed by atoms with E-state index in [1.165, 1.54) is 0 Å².